The number of nitriles is 1. The number of nitrogens with zero attached hydrogens (tertiary/aromatic N) is 1. The fourth-order valence-electron chi connectivity index (χ4n) is 2.92. The van der Waals surface area contributed by atoms with Crippen molar-refractivity contribution in [2.45, 2.75) is 20.8 Å². The maximum atomic E-state index is 13.1. The summed E-state index contributed by atoms with van der Waals surface area (Å²) in [6.07, 6.45) is 0. The molecule has 0 unspecified atom stereocenters. The van der Waals surface area contributed by atoms with Gasteiger partial charge in [0.2, 0.25) is 0 Å². The number of pyridine rings is 1. The quantitative estimate of drug-likeness (QED) is 0.589. The summed E-state index contributed by atoms with van der Waals surface area (Å²) in [5, 5.41) is 14.5. The molecule has 6 heteroatoms. The lowest BCUT2D eigenvalue weighted by Crippen LogP contribution is -2.17. The molecule has 2 aromatic heterocycles. The molecule has 0 saturated heterocycles. The van der Waals surface area contributed by atoms with Gasteiger partial charge in [0.15, 0.2) is 0 Å². The van der Waals surface area contributed by atoms with Gasteiger partial charge < -0.3 is 10.3 Å². The zero-order chi connectivity index (χ0) is 18.8. The highest BCUT2D eigenvalue weighted by atomic mass is 32.1. The Morgan fingerprint density at radius 2 is 2.04 bits per heavy atom. The first-order chi connectivity index (χ1) is 12.4. The summed E-state index contributed by atoms with van der Waals surface area (Å²) in [5.41, 5.74) is 4.85. The number of thiophene rings is 1. The first kappa shape index (κ1) is 18.1. The van der Waals surface area contributed by atoms with Gasteiger partial charge in [-0.25, -0.2) is 0 Å². The molecule has 0 aliphatic heterocycles. The molecule has 0 spiro atoms. The van der Waals surface area contributed by atoms with Gasteiger partial charge in [-0.2, -0.15) is 5.26 Å². The van der Waals surface area contributed by atoms with Gasteiger partial charge in [-0.15, -0.1) is 11.3 Å². The van der Waals surface area contributed by atoms with Crippen LogP contribution in [0.2, 0.25) is 0 Å². The first-order valence-electron chi connectivity index (χ1n) is 8.02. The monoisotopic (exact) mass is 379 g/mol. The maximum Gasteiger partial charge on any atom is 0.258 e. The van der Waals surface area contributed by atoms with Crippen molar-refractivity contribution in [1.82, 2.24) is 4.98 Å². The molecule has 2 N–H and O–H groups in total. The standard InChI is InChI=1S/C20H17N3OS2/c1-11-6-7-15(12(2)9-11)23-19(24)17-13(3)22-20(25)14(10-21)18(17)16-5-4-8-26-16/h4-9H,1-3H3,(H,22,25)(H,23,24). The van der Waals surface area contributed by atoms with Crippen LogP contribution in [0, 0.1) is 36.7 Å². The predicted octanol–water partition coefficient (Wildman–Crippen LogP) is 5.52. The number of carbonyl (C=O) groups excluding carboxylic acids is 1. The molecule has 26 heavy (non-hydrogen) atoms. The Hall–Kier alpha value is -2.75. The number of aryl methyl sites for hydroxylation is 3. The Morgan fingerprint density at radius 1 is 1.27 bits per heavy atom. The van der Waals surface area contributed by atoms with Crippen molar-refractivity contribution < 1.29 is 4.79 Å². The van der Waals surface area contributed by atoms with Crippen LogP contribution in [0.1, 0.15) is 32.7 Å². The summed E-state index contributed by atoms with van der Waals surface area (Å²) in [7, 11) is 0. The zero-order valence-corrected chi connectivity index (χ0v) is 16.3. The van der Waals surface area contributed by atoms with Crippen molar-refractivity contribution >= 4 is 35.1 Å². The SMILES string of the molecule is Cc1ccc(NC(=O)c2c(C)[nH]c(=S)c(C#N)c2-c2cccs2)c(C)c1. The molecule has 2 heterocycles. The number of carbonyl (C=O) groups is 1. The maximum absolute atomic E-state index is 13.1. The molecule has 130 valence electrons. The van der Waals surface area contributed by atoms with Crippen molar-refractivity contribution in [1.29, 1.82) is 5.26 Å². The Kier molecular flexibility index (Phi) is 5.03. The van der Waals surface area contributed by atoms with Crippen LogP contribution in [0.5, 0.6) is 0 Å². The summed E-state index contributed by atoms with van der Waals surface area (Å²) in [6, 6.07) is 11.8. The lowest BCUT2D eigenvalue weighted by atomic mass is 9.99. The zero-order valence-electron chi connectivity index (χ0n) is 14.6. The Labute approximate surface area is 161 Å². The number of hydrogen-bond acceptors (Lipinski definition) is 4. The largest absolute Gasteiger partial charge is 0.348 e. The van der Waals surface area contributed by atoms with Crippen LogP contribution >= 0.6 is 23.6 Å². The minimum Gasteiger partial charge on any atom is -0.348 e. The highest BCUT2D eigenvalue weighted by Gasteiger charge is 2.22. The van der Waals surface area contributed by atoms with Gasteiger partial charge in [0, 0.05) is 21.8 Å². The van der Waals surface area contributed by atoms with Gasteiger partial charge in [0.25, 0.3) is 5.91 Å². The Morgan fingerprint density at radius 3 is 2.65 bits per heavy atom. The third-order valence-electron chi connectivity index (χ3n) is 4.14. The molecule has 0 saturated carbocycles. The molecular formula is C20H17N3OS2. The molecule has 1 aromatic carbocycles. The van der Waals surface area contributed by atoms with E-state index in [2.05, 4.69) is 16.4 Å². The van der Waals surface area contributed by atoms with Crippen LogP contribution in [-0.2, 0) is 0 Å². The van der Waals surface area contributed by atoms with E-state index in [9.17, 15) is 10.1 Å². The van der Waals surface area contributed by atoms with Gasteiger partial charge in [-0.3, -0.25) is 4.79 Å². The van der Waals surface area contributed by atoms with E-state index in [1.165, 1.54) is 11.3 Å². The molecule has 3 rings (SSSR count). The van der Waals surface area contributed by atoms with Gasteiger partial charge in [0.05, 0.1) is 11.1 Å². The Balaban J connectivity index is 2.17. The van der Waals surface area contributed by atoms with E-state index in [4.69, 9.17) is 12.2 Å². The van der Waals surface area contributed by atoms with Crippen LogP contribution in [0.15, 0.2) is 35.7 Å². The molecule has 0 atom stereocenters. The van der Waals surface area contributed by atoms with Gasteiger partial charge >= 0.3 is 0 Å². The summed E-state index contributed by atoms with van der Waals surface area (Å²) in [4.78, 5) is 16.9. The third kappa shape index (κ3) is 3.32. The van der Waals surface area contributed by atoms with Crippen molar-refractivity contribution in [2.75, 3.05) is 5.32 Å². The Bertz CT molecular complexity index is 1090. The van der Waals surface area contributed by atoms with E-state index in [1.54, 1.807) is 6.92 Å². The number of amides is 1. The topological polar surface area (TPSA) is 68.7 Å². The summed E-state index contributed by atoms with van der Waals surface area (Å²) in [5.74, 6) is -0.263. The van der Waals surface area contributed by atoms with Gasteiger partial charge in [-0.1, -0.05) is 36.0 Å². The number of aromatic amines is 1. The van der Waals surface area contributed by atoms with E-state index in [0.717, 1.165) is 21.7 Å². The molecule has 0 aliphatic rings. The summed E-state index contributed by atoms with van der Waals surface area (Å²) in [6.45, 7) is 5.76. The number of nitrogens with one attached hydrogen (secondary N) is 2. The van der Waals surface area contributed by atoms with Crippen molar-refractivity contribution in [3.05, 3.63) is 68.3 Å². The second-order valence-electron chi connectivity index (χ2n) is 6.07. The number of hydrogen-bond donors (Lipinski definition) is 2. The van der Waals surface area contributed by atoms with E-state index >= 15 is 0 Å². The van der Waals surface area contributed by atoms with Crippen LogP contribution < -0.4 is 5.32 Å². The van der Waals surface area contributed by atoms with E-state index in [0.29, 0.717) is 27.0 Å². The van der Waals surface area contributed by atoms with Crippen LogP contribution in [-0.4, -0.2) is 10.9 Å². The first-order valence-corrected chi connectivity index (χ1v) is 9.30. The molecule has 0 fully saturated rings. The predicted molar refractivity (Wildman–Crippen MR) is 108 cm³/mol. The number of anilines is 1. The molecule has 0 bridgehead atoms. The number of benzene rings is 1. The molecule has 0 radical (unpaired) electrons. The molecule has 3 aromatic rings. The lowest BCUT2D eigenvalue weighted by molar-refractivity contribution is 0.102. The number of H-pyrrole nitrogens is 1. The second kappa shape index (κ2) is 7.24. The molecule has 1 amide bonds. The van der Waals surface area contributed by atoms with Gasteiger partial charge in [0.1, 0.15) is 10.7 Å². The van der Waals surface area contributed by atoms with E-state index in [1.807, 2.05) is 49.6 Å². The van der Waals surface area contributed by atoms with Crippen LogP contribution in [0.25, 0.3) is 10.4 Å². The molecule has 0 aliphatic carbocycles. The van der Waals surface area contributed by atoms with E-state index < -0.39 is 0 Å². The summed E-state index contributed by atoms with van der Waals surface area (Å²) < 4.78 is 0.344. The fourth-order valence-corrected chi connectivity index (χ4v) is 4.00. The summed E-state index contributed by atoms with van der Waals surface area (Å²) >= 11 is 6.78. The third-order valence-corrected chi connectivity index (χ3v) is 5.33. The average Bonchev–Trinajstić information content (AvgIpc) is 3.11. The highest BCUT2D eigenvalue weighted by molar-refractivity contribution is 7.71. The molecular weight excluding hydrogens is 362 g/mol. The smallest absolute Gasteiger partial charge is 0.258 e. The second-order valence-corrected chi connectivity index (χ2v) is 7.42. The van der Waals surface area contributed by atoms with E-state index in [-0.39, 0.29) is 5.91 Å². The highest BCUT2D eigenvalue weighted by Crippen LogP contribution is 2.33. The van der Waals surface area contributed by atoms with Crippen LogP contribution in [0.4, 0.5) is 5.69 Å². The minimum absolute atomic E-state index is 0.263. The lowest BCUT2D eigenvalue weighted by Gasteiger charge is -2.15. The van der Waals surface area contributed by atoms with Gasteiger partial charge in [-0.05, 0) is 43.8 Å². The minimum atomic E-state index is -0.263. The number of aromatic nitrogens is 1. The normalized spacial score (nSPS) is 10.4. The van der Waals surface area contributed by atoms with Crippen molar-refractivity contribution in [3.63, 3.8) is 0 Å². The fraction of sp³-hybridized carbons (Fsp3) is 0.150. The van der Waals surface area contributed by atoms with Crippen molar-refractivity contribution in [2.24, 2.45) is 0 Å². The van der Waals surface area contributed by atoms with Crippen LogP contribution in [0.3, 0.4) is 0 Å². The number of rotatable bonds is 3. The average molecular weight is 380 g/mol. The van der Waals surface area contributed by atoms with Crippen molar-refractivity contribution in [3.8, 4) is 16.5 Å². The molecule has 4 nitrogen and oxygen atoms in total.